The van der Waals surface area contributed by atoms with Gasteiger partial charge in [0.1, 0.15) is 12.4 Å². The van der Waals surface area contributed by atoms with Crippen LogP contribution in [0.4, 0.5) is 11.8 Å². The fraction of sp³-hybridized carbons (Fsp3) is 0.276. The van der Waals surface area contributed by atoms with Crippen molar-refractivity contribution in [1.82, 2.24) is 14.9 Å². The number of aromatic nitrogens is 2. The predicted molar refractivity (Wildman–Crippen MR) is 148 cm³/mol. The Balaban J connectivity index is 1.24. The molecule has 6 rings (SSSR count). The van der Waals surface area contributed by atoms with E-state index in [1.54, 1.807) is 19.1 Å². The molecule has 1 unspecified atom stereocenters. The van der Waals surface area contributed by atoms with Gasteiger partial charge in [0.15, 0.2) is 23.0 Å². The number of carbonyl (C=O) groups is 1. The van der Waals surface area contributed by atoms with Crippen LogP contribution in [0.3, 0.4) is 0 Å². The molecule has 2 aliphatic heterocycles. The van der Waals surface area contributed by atoms with E-state index >= 15 is 0 Å². The van der Waals surface area contributed by atoms with Gasteiger partial charge in [0, 0.05) is 37.8 Å². The third-order valence-corrected chi connectivity index (χ3v) is 7.07. The molecule has 3 heterocycles. The summed E-state index contributed by atoms with van der Waals surface area (Å²) in [5.41, 5.74) is 8.91. The van der Waals surface area contributed by atoms with E-state index in [2.05, 4.69) is 4.98 Å². The van der Waals surface area contributed by atoms with Gasteiger partial charge in [0.25, 0.3) is 5.91 Å². The molecule has 0 saturated carbocycles. The Labute approximate surface area is 225 Å². The second-order valence-electron chi connectivity index (χ2n) is 9.33. The van der Waals surface area contributed by atoms with Gasteiger partial charge in [0.2, 0.25) is 12.1 Å². The second-order valence-corrected chi connectivity index (χ2v) is 9.33. The molecular weight excluding hydrogens is 498 g/mol. The first-order chi connectivity index (χ1) is 19.1. The molecule has 0 aliphatic carbocycles. The minimum atomic E-state index is -0.669. The van der Waals surface area contributed by atoms with Gasteiger partial charge >= 0.3 is 0 Å². The zero-order chi connectivity index (χ0) is 26.9. The average Bonchev–Trinajstić information content (AvgIpc) is 2.99. The van der Waals surface area contributed by atoms with Crippen LogP contribution in [0.2, 0.25) is 0 Å². The van der Waals surface area contributed by atoms with Gasteiger partial charge < -0.3 is 34.5 Å². The summed E-state index contributed by atoms with van der Waals surface area (Å²) in [6.07, 6.45) is -0.669. The van der Waals surface area contributed by atoms with E-state index in [-0.39, 0.29) is 12.5 Å². The largest absolute Gasteiger partial charge is 0.493 e. The van der Waals surface area contributed by atoms with Crippen molar-refractivity contribution in [3.63, 3.8) is 0 Å². The number of benzene rings is 3. The van der Waals surface area contributed by atoms with Crippen molar-refractivity contribution in [2.24, 2.45) is 0 Å². The van der Waals surface area contributed by atoms with Crippen LogP contribution in [0, 0.1) is 0 Å². The molecule has 200 valence electrons. The Kier molecular flexibility index (Phi) is 6.44. The fourth-order valence-corrected chi connectivity index (χ4v) is 5.12. The van der Waals surface area contributed by atoms with E-state index in [1.165, 1.54) is 0 Å². The Morgan fingerprint density at radius 3 is 2.38 bits per heavy atom. The number of piperazine rings is 1. The maximum Gasteiger partial charge on any atom is 0.267 e. The number of ether oxygens (including phenoxy) is 4. The highest BCUT2D eigenvalue weighted by molar-refractivity contribution is 6.05. The molecule has 1 atom stereocenters. The number of nitrogen functional groups attached to an aromatic ring is 1. The first-order valence-electron chi connectivity index (χ1n) is 12.8. The molecule has 2 N–H and O–H groups in total. The van der Waals surface area contributed by atoms with Gasteiger partial charge in [-0.2, -0.15) is 4.98 Å². The maximum atomic E-state index is 13.2. The third kappa shape index (κ3) is 4.47. The van der Waals surface area contributed by atoms with Gasteiger partial charge in [0.05, 0.1) is 25.1 Å². The van der Waals surface area contributed by atoms with Crippen LogP contribution in [-0.2, 0) is 4.79 Å². The molecular formula is C29H29N5O5. The third-order valence-electron chi connectivity index (χ3n) is 7.07. The van der Waals surface area contributed by atoms with E-state index in [0.717, 1.165) is 11.1 Å². The lowest BCUT2D eigenvalue weighted by molar-refractivity contribution is -0.141. The number of anilines is 2. The van der Waals surface area contributed by atoms with Crippen molar-refractivity contribution in [3.8, 4) is 34.1 Å². The topological polar surface area (TPSA) is 112 Å². The lowest BCUT2D eigenvalue weighted by Gasteiger charge is -2.37. The normalized spacial score (nSPS) is 16.7. The molecule has 10 nitrogen and oxygen atoms in total. The molecule has 2 aliphatic rings. The van der Waals surface area contributed by atoms with Crippen molar-refractivity contribution in [2.75, 3.05) is 57.6 Å². The lowest BCUT2D eigenvalue weighted by atomic mass is 9.99. The minimum absolute atomic E-state index is 0.0903. The summed E-state index contributed by atoms with van der Waals surface area (Å²) in [7, 11) is 3.20. The number of hydrogen-bond acceptors (Lipinski definition) is 9. The molecule has 1 fully saturated rings. The van der Waals surface area contributed by atoms with Crippen LogP contribution < -0.4 is 29.6 Å². The zero-order valence-corrected chi connectivity index (χ0v) is 21.8. The Hall–Kier alpha value is -4.73. The highest BCUT2D eigenvalue weighted by Gasteiger charge is 2.33. The van der Waals surface area contributed by atoms with E-state index in [1.807, 2.05) is 65.6 Å². The number of fused-ring (bicyclic) bond motifs is 2. The van der Waals surface area contributed by atoms with Crippen LogP contribution in [0.15, 0.2) is 60.7 Å². The predicted octanol–water partition coefficient (Wildman–Crippen LogP) is 3.38. The summed E-state index contributed by atoms with van der Waals surface area (Å²) < 4.78 is 23.0. The smallest absolute Gasteiger partial charge is 0.267 e. The molecule has 1 amide bonds. The summed E-state index contributed by atoms with van der Waals surface area (Å²) in [4.78, 5) is 26.5. The van der Waals surface area contributed by atoms with Crippen LogP contribution in [-0.4, -0.2) is 73.9 Å². The number of methoxy groups -OCH3 is 2. The Morgan fingerprint density at radius 1 is 0.949 bits per heavy atom. The number of rotatable bonds is 5. The second kappa shape index (κ2) is 10.2. The molecule has 1 aromatic heterocycles. The van der Waals surface area contributed by atoms with E-state index in [9.17, 15) is 4.79 Å². The molecule has 0 spiro atoms. The number of hydrogen-bond donors (Lipinski definition) is 1. The minimum Gasteiger partial charge on any atom is -0.493 e. The number of para-hydroxylation sites is 2. The number of nitrogens with zero attached hydrogens (tertiary/aromatic N) is 4. The number of amides is 1. The fourth-order valence-electron chi connectivity index (χ4n) is 5.12. The summed E-state index contributed by atoms with van der Waals surface area (Å²) >= 11 is 0. The molecule has 0 bridgehead atoms. The zero-order valence-electron chi connectivity index (χ0n) is 21.8. The van der Waals surface area contributed by atoms with Crippen LogP contribution in [0.1, 0.15) is 0 Å². The van der Waals surface area contributed by atoms with Gasteiger partial charge in [-0.15, -0.1) is 0 Å². The van der Waals surface area contributed by atoms with Crippen LogP contribution >= 0.6 is 0 Å². The van der Waals surface area contributed by atoms with E-state index in [0.29, 0.717) is 71.8 Å². The highest BCUT2D eigenvalue weighted by Crippen LogP contribution is 2.45. The molecule has 3 aromatic carbocycles. The Morgan fingerprint density at radius 2 is 1.67 bits per heavy atom. The Bertz CT molecular complexity index is 1520. The first kappa shape index (κ1) is 24.6. The van der Waals surface area contributed by atoms with Gasteiger partial charge in [-0.05, 0) is 17.7 Å². The first-order valence-corrected chi connectivity index (χ1v) is 12.8. The van der Waals surface area contributed by atoms with E-state index in [4.69, 9.17) is 29.7 Å². The monoisotopic (exact) mass is 527 g/mol. The van der Waals surface area contributed by atoms with Crippen LogP contribution in [0.5, 0.6) is 23.0 Å². The van der Waals surface area contributed by atoms with Crippen molar-refractivity contribution < 1.29 is 23.7 Å². The molecule has 39 heavy (non-hydrogen) atoms. The quantitative estimate of drug-likeness (QED) is 0.417. The molecule has 4 aromatic rings. The van der Waals surface area contributed by atoms with Crippen molar-refractivity contribution in [3.05, 3.63) is 60.7 Å². The van der Waals surface area contributed by atoms with Crippen molar-refractivity contribution in [1.29, 1.82) is 0 Å². The summed E-state index contributed by atoms with van der Waals surface area (Å²) in [6.45, 7) is 2.31. The van der Waals surface area contributed by atoms with Crippen molar-refractivity contribution in [2.45, 2.75) is 6.10 Å². The van der Waals surface area contributed by atoms with Gasteiger partial charge in [-0.1, -0.05) is 42.5 Å². The molecule has 0 radical (unpaired) electrons. The SMILES string of the molecule is COc1cc2nc(N3CCN(C(=O)C4COc5ccccc5O4)CC3)nc(N)c2c(-c2ccccc2)c1OC. The number of carbonyl (C=O) groups excluding carboxylic acids is 1. The summed E-state index contributed by atoms with van der Waals surface area (Å²) in [5.74, 6) is 3.13. The lowest BCUT2D eigenvalue weighted by Crippen LogP contribution is -2.54. The average molecular weight is 528 g/mol. The number of nitrogens with two attached hydrogens (primary N) is 1. The van der Waals surface area contributed by atoms with Gasteiger partial charge in [-0.25, -0.2) is 4.98 Å². The van der Waals surface area contributed by atoms with Gasteiger partial charge in [-0.3, -0.25) is 4.79 Å². The highest BCUT2D eigenvalue weighted by atomic mass is 16.6. The van der Waals surface area contributed by atoms with Crippen LogP contribution in [0.25, 0.3) is 22.0 Å². The summed E-state index contributed by atoms with van der Waals surface area (Å²) in [6, 6.07) is 19.0. The van der Waals surface area contributed by atoms with E-state index < -0.39 is 6.10 Å². The standard InChI is InChI=1S/C29H29N5O5/c1-36-22-16-19-25(24(26(22)37-2)18-8-4-3-5-9-18)27(30)32-29(31-19)34-14-12-33(13-15-34)28(35)23-17-38-20-10-6-7-11-21(20)39-23/h3-11,16,23H,12-15,17H2,1-2H3,(H2,30,31,32). The van der Waals surface area contributed by atoms with Crippen molar-refractivity contribution >= 4 is 28.6 Å². The molecule has 1 saturated heterocycles. The summed E-state index contributed by atoms with van der Waals surface area (Å²) in [5, 5.41) is 0.700. The maximum absolute atomic E-state index is 13.2. The molecule has 10 heteroatoms.